The highest BCUT2D eigenvalue weighted by atomic mass is 32.1. The topological polar surface area (TPSA) is 111 Å². The number of carbonyl (C=O) groups is 2. The Balaban J connectivity index is 1.50. The first-order chi connectivity index (χ1) is 16.9. The number of benzene rings is 2. The summed E-state index contributed by atoms with van der Waals surface area (Å²) in [7, 11) is 0. The van der Waals surface area contributed by atoms with Crippen LogP contribution in [0.2, 0.25) is 0 Å². The number of hydrogen-bond donors (Lipinski definition) is 2. The van der Waals surface area contributed by atoms with E-state index in [1.165, 1.54) is 17.7 Å². The molecule has 2 aromatic carbocycles. The summed E-state index contributed by atoms with van der Waals surface area (Å²) in [5.41, 5.74) is 11.6. The number of nitrogens with two attached hydrogens (primary N) is 1. The molecule has 0 unspecified atom stereocenters. The lowest BCUT2D eigenvalue weighted by Crippen LogP contribution is -2.13. The van der Waals surface area contributed by atoms with Crippen LogP contribution in [0.4, 0.5) is 11.5 Å². The summed E-state index contributed by atoms with van der Waals surface area (Å²) >= 11 is 1.35. The Hall–Kier alpha value is -4.17. The van der Waals surface area contributed by atoms with Crippen LogP contribution in [-0.4, -0.2) is 26.6 Å². The van der Waals surface area contributed by atoms with Gasteiger partial charge in [0.15, 0.2) is 0 Å². The minimum Gasteiger partial charge on any atom is -0.382 e. The molecule has 0 aliphatic heterocycles. The third kappa shape index (κ3) is 4.48. The van der Waals surface area contributed by atoms with E-state index >= 15 is 0 Å². The number of rotatable bonds is 6. The second kappa shape index (κ2) is 9.23. The van der Waals surface area contributed by atoms with Crippen LogP contribution >= 0.6 is 11.3 Å². The number of nitrogens with zero attached hydrogens (tertiary/aromatic N) is 3. The highest BCUT2D eigenvalue weighted by Crippen LogP contribution is 2.32. The molecule has 0 fully saturated rings. The van der Waals surface area contributed by atoms with Gasteiger partial charge in [-0.25, -0.2) is 9.97 Å². The van der Waals surface area contributed by atoms with E-state index in [4.69, 9.17) is 5.73 Å². The van der Waals surface area contributed by atoms with Crippen LogP contribution in [0.3, 0.4) is 0 Å². The van der Waals surface area contributed by atoms with Crippen molar-refractivity contribution in [3.63, 3.8) is 0 Å². The first-order valence-electron chi connectivity index (χ1n) is 11.1. The first kappa shape index (κ1) is 22.6. The molecule has 0 radical (unpaired) electrons. The van der Waals surface area contributed by atoms with Crippen LogP contribution in [0.1, 0.15) is 39.7 Å². The zero-order valence-corrected chi connectivity index (χ0v) is 20.1. The third-order valence-corrected chi connectivity index (χ3v) is 6.91. The summed E-state index contributed by atoms with van der Waals surface area (Å²) in [6, 6.07) is 14.0. The lowest BCUT2D eigenvalue weighted by molar-refractivity contribution is -0.116. The molecule has 0 bridgehead atoms. The number of nitrogens with one attached hydrogen (secondary N) is 1. The van der Waals surface area contributed by atoms with E-state index in [1.54, 1.807) is 18.5 Å². The van der Waals surface area contributed by atoms with Crippen molar-refractivity contribution < 1.29 is 9.59 Å². The lowest BCUT2D eigenvalue weighted by atomic mass is 9.98. The molecule has 3 N–H and O–H groups in total. The number of anilines is 2. The van der Waals surface area contributed by atoms with Gasteiger partial charge in [-0.2, -0.15) is 0 Å². The number of ketones is 1. The van der Waals surface area contributed by atoms with Crippen LogP contribution in [0.15, 0.2) is 60.4 Å². The fourth-order valence-corrected chi connectivity index (χ4v) is 5.17. The summed E-state index contributed by atoms with van der Waals surface area (Å²) in [5.74, 6) is 0.248. The Morgan fingerprint density at radius 1 is 1.03 bits per heavy atom. The number of aryl methyl sites for hydroxylation is 1. The van der Waals surface area contributed by atoms with E-state index in [1.807, 2.05) is 49.4 Å². The standard InChI is InChI=1S/C27H23N5O2S/c1-15-6-7-19-20(8-9-29-22(19)12-18-5-3-4-17(11-18)10-16(2)33)23(15)32-27(34)21-13-35-25-24(21)30-14-31-26(25)28/h3-9,11,13-14H,10,12H2,1-2H3,(H,32,34)(H2,28,30,31). The number of fused-ring (bicyclic) bond motifs is 2. The van der Waals surface area contributed by atoms with Gasteiger partial charge in [0, 0.05) is 35.2 Å². The van der Waals surface area contributed by atoms with E-state index in [2.05, 4.69) is 20.3 Å². The number of pyridine rings is 1. The van der Waals surface area contributed by atoms with E-state index in [0.29, 0.717) is 34.4 Å². The van der Waals surface area contributed by atoms with Crippen molar-refractivity contribution in [2.24, 2.45) is 0 Å². The molecule has 7 nitrogen and oxygen atoms in total. The maximum absolute atomic E-state index is 13.2. The smallest absolute Gasteiger partial charge is 0.258 e. The van der Waals surface area contributed by atoms with Crippen LogP contribution < -0.4 is 11.1 Å². The van der Waals surface area contributed by atoms with Crippen molar-refractivity contribution in [2.75, 3.05) is 11.1 Å². The Morgan fingerprint density at radius 3 is 2.69 bits per heavy atom. The fourth-order valence-electron chi connectivity index (χ4n) is 4.27. The van der Waals surface area contributed by atoms with E-state index in [9.17, 15) is 9.59 Å². The predicted octanol–water partition coefficient (Wildman–Crippen LogP) is 5.10. The van der Waals surface area contributed by atoms with Crippen LogP contribution in [0.25, 0.3) is 21.0 Å². The maximum atomic E-state index is 13.2. The minimum absolute atomic E-state index is 0.133. The molecule has 3 aromatic heterocycles. The molecular formula is C27H23N5O2S. The Morgan fingerprint density at radius 2 is 1.86 bits per heavy atom. The molecule has 0 saturated carbocycles. The molecule has 0 aliphatic carbocycles. The number of carbonyl (C=O) groups excluding carboxylic acids is 2. The Bertz CT molecular complexity index is 1610. The van der Waals surface area contributed by atoms with Gasteiger partial charge >= 0.3 is 0 Å². The van der Waals surface area contributed by atoms with E-state index in [0.717, 1.165) is 38.8 Å². The second-order valence-corrected chi connectivity index (χ2v) is 9.41. The number of Topliss-reactive ketones (excluding diaryl/α,β-unsaturated/α-hetero) is 1. The van der Waals surface area contributed by atoms with Crippen LogP contribution in [-0.2, 0) is 17.6 Å². The highest BCUT2D eigenvalue weighted by Gasteiger charge is 2.18. The minimum atomic E-state index is -0.250. The molecular weight excluding hydrogens is 458 g/mol. The quantitative estimate of drug-likeness (QED) is 0.349. The van der Waals surface area contributed by atoms with Crippen molar-refractivity contribution in [1.82, 2.24) is 15.0 Å². The predicted molar refractivity (Wildman–Crippen MR) is 140 cm³/mol. The van der Waals surface area contributed by atoms with Crippen molar-refractivity contribution in [3.8, 4) is 0 Å². The molecule has 35 heavy (non-hydrogen) atoms. The molecule has 3 heterocycles. The Labute approximate surface area is 206 Å². The summed E-state index contributed by atoms with van der Waals surface area (Å²) < 4.78 is 0.700. The highest BCUT2D eigenvalue weighted by molar-refractivity contribution is 7.18. The van der Waals surface area contributed by atoms with Gasteiger partial charge in [0.05, 0.1) is 27.2 Å². The molecule has 0 atom stereocenters. The van der Waals surface area contributed by atoms with Crippen molar-refractivity contribution >= 4 is 55.5 Å². The van der Waals surface area contributed by atoms with Crippen molar-refractivity contribution in [2.45, 2.75) is 26.7 Å². The van der Waals surface area contributed by atoms with Gasteiger partial charge in [-0.1, -0.05) is 36.4 Å². The number of amides is 1. The largest absolute Gasteiger partial charge is 0.382 e. The molecule has 5 rings (SSSR count). The molecule has 0 spiro atoms. The SMILES string of the molecule is CC(=O)Cc1cccc(Cc2nccc3c(NC(=O)c4csc5c(N)ncnc45)c(C)ccc23)c1. The van der Waals surface area contributed by atoms with Crippen LogP contribution in [0, 0.1) is 6.92 Å². The van der Waals surface area contributed by atoms with Gasteiger partial charge in [0.2, 0.25) is 0 Å². The number of aromatic nitrogens is 3. The average molecular weight is 482 g/mol. The molecule has 0 aliphatic rings. The van der Waals surface area contributed by atoms with Crippen molar-refractivity contribution in [1.29, 1.82) is 0 Å². The number of hydrogen-bond acceptors (Lipinski definition) is 7. The molecule has 1 amide bonds. The second-order valence-electron chi connectivity index (χ2n) is 8.53. The monoisotopic (exact) mass is 481 g/mol. The summed E-state index contributed by atoms with van der Waals surface area (Å²) in [5, 5.41) is 6.73. The molecule has 0 saturated heterocycles. The molecule has 174 valence electrons. The van der Waals surface area contributed by atoms with Gasteiger partial charge in [-0.15, -0.1) is 11.3 Å². The first-order valence-corrected chi connectivity index (χ1v) is 12.0. The fraction of sp³-hybridized carbons (Fsp3) is 0.148. The zero-order chi connectivity index (χ0) is 24.5. The molecule has 5 aromatic rings. The maximum Gasteiger partial charge on any atom is 0.258 e. The van der Waals surface area contributed by atoms with E-state index < -0.39 is 0 Å². The van der Waals surface area contributed by atoms with Gasteiger partial charge in [0.25, 0.3) is 5.91 Å². The number of nitrogen functional groups attached to an aromatic ring is 1. The number of thiophene rings is 1. The Kier molecular flexibility index (Phi) is 5.96. The molecule has 8 heteroatoms. The average Bonchev–Trinajstić information content (AvgIpc) is 3.26. The summed E-state index contributed by atoms with van der Waals surface area (Å²) in [4.78, 5) is 37.7. The normalized spacial score (nSPS) is 11.1. The zero-order valence-electron chi connectivity index (χ0n) is 19.3. The summed E-state index contributed by atoms with van der Waals surface area (Å²) in [6.45, 7) is 3.56. The van der Waals surface area contributed by atoms with Crippen LogP contribution in [0.5, 0.6) is 0 Å². The van der Waals surface area contributed by atoms with Gasteiger partial charge in [-0.3, -0.25) is 14.6 Å². The lowest BCUT2D eigenvalue weighted by Gasteiger charge is -2.14. The van der Waals surface area contributed by atoms with E-state index in [-0.39, 0.29) is 11.7 Å². The summed E-state index contributed by atoms with van der Waals surface area (Å²) in [6.07, 6.45) is 4.17. The van der Waals surface area contributed by atoms with Gasteiger partial charge < -0.3 is 11.1 Å². The van der Waals surface area contributed by atoms with Gasteiger partial charge in [0.1, 0.15) is 17.9 Å². The van der Waals surface area contributed by atoms with Gasteiger partial charge in [-0.05, 0) is 36.6 Å². The van der Waals surface area contributed by atoms with Crippen molar-refractivity contribution in [3.05, 3.63) is 88.3 Å². The third-order valence-electron chi connectivity index (χ3n) is 5.92.